The lowest BCUT2D eigenvalue weighted by Gasteiger charge is -2.28. The van der Waals surface area contributed by atoms with E-state index in [1.165, 1.54) is 11.1 Å². The average molecular weight is 400 g/mol. The molecule has 0 heterocycles. The predicted octanol–water partition coefficient (Wildman–Crippen LogP) is 5.60. The summed E-state index contributed by atoms with van der Waals surface area (Å²) in [6.45, 7) is 0.971. The van der Waals surface area contributed by atoms with Gasteiger partial charge < -0.3 is 9.64 Å². The minimum Gasteiger partial charge on any atom is -0.462 e. The summed E-state index contributed by atoms with van der Waals surface area (Å²) in [5.41, 5.74) is 3.87. The Bertz CT molecular complexity index is 747. The van der Waals surface area contributed by atoms with Crippen molar-refractivity contribution in [2.45, 2.75) is 57.1 Å². The van der Waals surface area contributed by atoms with Gasteiger partial charge in [-0.05, 0) is 80.9 Å². The second-order valence-electron chi connectivity index (χ2n) is 8.07. The van der Waals surface area contributed by atoms with Crippen molar-refractivity contribution in [2.24, 2.45) is 0 Å². The highest BCUT2D eigenvalue weighted by Gasteiger charge is 2.24. The molecule has 0 atom stereocenters. The van der Waals surface area contributed by atoms with E-state index in [1.807, 2.05) is 24.3 Å². The number of aryl methyl sites for hydroxylation is 1. The van der Waals surface area contributed by atoms with Crippen molar-refractivity contribution in [3.8, 4) is 0 Å². The van der Waals surface area contributed by atoms with E-state index < -0.39 is 0 Å². The van der Waals surface area contributed by atoms with Gasteiger partial charge in [0.15, 0.2) is 0 Å². The van der Waals surface area contributed by atoms with Crippen molar-refractivity contribution < 1.29 is 9.53 Å². The summed E-state index contributed by atoms with van der Waals surface area (Å²) >= 11 is 5.89. The number of benzene rings is 2. The van der Waals surface area contributed by atoms with Crippen LogP contribution in [0.25, 0.3) is 0 Å². The Hall–Kier alpha value is -1.84. The Kier molecular flexibility index (Phi) is 7.52. The van der Waals surface area contributed by atoms with Crippen molar-refractivity contribution in [3.63, 3.8) is 0 Å². The quantitative estimate of drug-likeness (QED) is 0.567. The Morgan fingerprint density at radius 1 is 0.964 bits per heavy atom. The Labute approximate surface area is 173 Å². The molecule has 0 amide bonds. The zero-order valence-electron chi connectivity index (χ0n) is 16.9. The second kappa shape index (κ2) is 10.1. The maximum atomic E-state index is 12.2. The fourth-order valence-corrected chi connectivity index (χ4v) is 4.04. The van der Waals surface area contributed by atoms with Crippen LogP contribution in [0.2, 0.25) is 5.02 Å². The standard InChI is InChI=1S/C24H30ClNO2/c1-26(2)17-19-3-8-20(9-4-19)21-10-14-23(15-11-21)28-24(27)16-7-18-5-12-22(25)13-6-18/h3-6,8-9,12-13,21,23H,7,10-11,14-17H2,1-2H3. The lowest BCUT2D eigenvalue weighted by molar-refractivity contribution is -0.150. The number of hydrogen-bond acceptors (Lipinski definition) is 3. The first-order valence-corrected chi connectivity index (χ1v) is 10.5. The minimum absolute atomic E-state index is 0.0713. The van der Waals surface area contributed by atoms with Crippen LogP contribution in [0.4, 0.5) is 0 Å². The molecule has 1 aliphatic carbocycles. The van der Waals surface area contributed by atoms with Gasteiger partial charge in [-0.1, -0.05) is 48.0 Å². The third kappa shape index (κ3) is 6.35. The molecule has 1 aliphatic rings. The first-order valence-electron chi connectivity index (χ1n) is 10.2. The number of carbonyl (C=O) groups is 1. The molecular formula is C24H30ClNO2. The van der Waals surface area contributed by atoms with Gasteiger partial charge in [-0.3, -0.25) is 4.79 Å². The van der Waals surface area contributed by atoms with Crippen molar-refractivity contribution >= 4 is 17.6 Å². The summed E-state index contributed by atoms with van der Waals surface area (Å²) in [5.74, 6) is 0.490. The Morgan fingerprint density at radius 2 is 1.57 bits per heavy atom. The molecule has 4 heteroatoms. The molecule has 0 aliphatic heterocycles. The molecule has 2 aromatic rings. The molecule has 0 radical (unpaired) electrons. The van der Waals surface area contributed by atoms with E-state index >= 15 is 0 Å². The number of halogens is 1. The van der Waals surface area contributed by atoms with Gasteiger partial charge in [0.1, 0.15) is 6.10 Å². The van der Waals surface area contributed by atoms with Gasteiger partial charge in [-0.2, -0.15) is 0 Å². The van der Waals surface area contributed by atoms with E-state index in [9.17, 15) is 4.79 Å². The van der Waals surface area contributed by atoms with E-state index in [0.717, 1.165) is 42.8 Å². The molecule has 0 aromatic heterocycles. The van der Waals surface area contributed by atoms with E-state index in [4.69, 9.17) is 16.3 Å². The number of rotatable bonds is 7. The van der Waals surface area contributed by atoms with Crippen molar-refractivity contribution in [3.05, 3.63) is 70.2 Å². The van der Waals surface area contributed by atoms with Crippen molar-refractivity contribution in [1.29, 1.82) is 0 Å². The highest BCUT2D eigenvalue weighted by Crippen LogP contribution is 2.34. The number of esters is 1. The van der Waals surface area contributed by atoms with Crippen LogP contribution in [-0.4, -0.2) is 31.1 Å². The summed E-state index contributed by atoms with van der Waals surface area (Å²) in [4.78, 5) is 14.4. The maximum absolute atomic E-state index is 12.2. The first kappa shape index (κ1) is 20.9. The summed E-state index contributed by atoms with van der Waals surface area (Å²) in [5, 5.41) is 0.718. The number of nitrogens with zero attached hydrogens (tertiary/aromatic N) is 1. The van der Waals surface area contributed by atoms with E-state index in [0.29, 0.717) is 18.8 Å². The molecule has 3 nitrogen and oxygen atoms in total. The van der Waals surface area contributed by atoms with Crippen LogP contribution in [0.15, 0.2) is 48.5 Å². The lowest BCUT2D eigenvalue weighted by Crippen LogP contribution is -2.24. The smallest absolute Gasteiger partial charge is 0.306 e. The Balaban J connectivity index is 1.41. The van der Waals surface area contributed by atoms with Crippen LogP contribution in [0, 0.1) is 0 Å². The monoisotopic (exact) mass is 399 g/mol. The number of carbonyl (C=O) groups excluding carboxylic acids is 1. The molecule has 0 bridgehead atoms. The van der Waals surface area contributed by atoms with Crippen LogP contribution >= 0.6 is 11.6 Å². The van der Waals surface area contributed by atoms with Crippen molar-refractivity contribution in [1.82, 2.24) is 4.90 Å². The highest BCUT2D eigenvalue weighted by molar-refractivity contribution is 6.30. The van der Waals surface area contributed by atoms with Crippen molar-refractivity contribution in [2.75, 3.05) is 14.1 Å². The third-order valence-electron chi connectivity index (χ3n) is 5.45. The lowest BCUT2D eigenvalue weighted by atomic mass is 9.82. The highest BCUT2D eigenvalue weighted by atomic mass is 35.5. The van der Waals surface area contributed by atoms with Crippen LogP contribution in [0.3, 0.4) is 0 Å². The fourth-order valence-electron chi connectivity index (χ4n) is 3.92. The largest absolute Gasteiger partial charge is 0.462 e. The molecule has 0 unspecified atom stereocenters. The van der Waals surface area contributed by atoms with Gasteiger partial charge in [0, 0.05) is 18.0 Å². The summed E-state index contributed by atoms with van der Waals surface area (Å²) in [6.07, 6.45) is 5.28. The summed E-state index contributed by atoms with van der Waals surface area (Å²) < 4.78 is 5.71. The summed E-state index contributed by atoms with van der Waals surface area (Å²) in [7, 11) is 4.18. The molecule has 28 heavy (non-hydrogen) atoms. The molecule has 0 spiro atoms. The Morgan fingerprint density at radius 3 is 2.18 bits per heavy atom. The SMILES string of the molecule is CN(C)Cc1ccc(C2CCC(OC(=O)CCc3ccc(Cl)cc3)CC2)cc1. The van der Waals surface area contributed by atoms with E-state index in [2.05, 4.69) is 43.3 Å². The van der Waals surface area contributed by atoms with E-state index in [1.54, 1.807) is 0 Å². The number of ether oxygens (including phenoxy) is 1. The molecule has 0 N–H and O–H groups in total. The van der Waals surface area contributed by atoms with Crippen LogP contribution < -0.4 is 0 Å². The van der Waals surface area contributed by atoms with Crippen LogP contribution in [0.1, 0.15) is 54.7 Å². The van der Waals surface area contributed by atoms with Gasteiger partial charge in [0.2, 0.25) is 0 Å². The molecular weight excluding hydrogens is 370 g/mol. The van der Waals surface area contributed by atoms with E-state index in [-0.39, 0.29) is 12.1 Å². The van der Waals surface area contributed by atoms with Gasteiger partial charge >= 0.3 is 5.97 Å². The molecule has 1 fully saturated rings. The van der Waals surface area contributed by atoms with Gasteiger partial charge in [0.25, 0.3) is 0 Å². The van der Waals surface area contributed by atoms with Crippen LogP contribution in [-0.2, 0) is 22.5 Å². The molecule has 2 aromatic carbocycles. The molecule has 150 valence electrons. The fraction of sp³-hybridized carbons (Fsp3) is 0.458. The van der Waals surface area contributed by atoms with Gasteiger partial charge in [0.05, 0.1) is 0 Å². The summed E-state index contributed by atoms with van der Waals surface area (Å²) in [6, 6.07) is 16.6. The third-order valence-corrected chi connectivity index (χ3v) is 5.71. The van der Waals surface area contributed by atoms with Gasteiger partial charge in [-0.25, -0.2) is 0 Å². The average Bonchev–Trinajstić information content (AvgIpc) is 2.68. The molecule has 0 saturated heterocycles. The normalized spacial score (nSPS) is 19.6. The molecule has 3 rings (SSSR count). The topological polar surface area (TPSA) is 29.5 Å². The first-order chi connectivity index (χ1) is 13.5. The minimum atomic E-state index is -0.0913. The predicted molar refractivity (Wildman–Crippen MR) is 115 cm³/mol. The van der Waals surface area contributed by atoms with Crippen LogP contribution in [0.5, 0.6) is 0 Å². The zero-order valence-corrected chi connectivity index (χ0v) is 17.6. The van der Waals surface area contributed by atoms with Gasteiger partial charge in [-0.15, -0.1) is 0 Å². The molecule has 1 saturated carbocycles. The zero-order chi connectivity index (χ0) is 19.9. The maximum Gasteiger partial charge on any atom is 0.306 e. The number of hydrogen-bond donors (Lipinski definition) is 0. The second-order valence-corrected chi connectivity index (χ2v) is 8.51.